The van der Waals surface area contributed by atoms with Gasteiger partial charge in [-0.1, -0.05) is 91.0 Å². The van der Waals surface area contributed by atoms with Gasteiger partial charge < -0.3 is 4.57 Å². The number of pyridine rings is 1. The molecular weight excluding hydrogens is 498 g/mol. The molecule has 0 aliphatic rings. The fourth-order valence-electron chi connectivity index (χ4n) is 6.09. The maximum atomic E-state index is 8.19. The van der Waals surface area contributed by atoms with Gasteiger partial charge in [0.15, 0.2) is 11.9 Å². The lowest BCUT2D eigenvalue weighted by atomic mass is 9.95. The van der Waals surface area contributed by atoms with E-state index >= 15 is 0 Å². The first-order valence-electron chi connectivity index (χ1n) is 13.8. The van der Waals surface area contributed by atoms with Gasteiger partial charge in [-0.3, -0.25) is 0 Å². The summed E-state index contributed by atoms with van der Waals surface area (Å²) < 4.78 is 4.56. The van der Waals surface area contributed by atoms with Crippen molar-refractivity contribution in [1.29, 1.82) is 0 Å². The molecule has 0 saturated heterocycles. The Morgan fingerprint density at radius 1 is 0.610 bits per heavy atom. The lowest BCUT2D eigenvalue weighted by Gasteiger charge is -2.15. The predicted molar refractivity (Wildman–Crippen MR) is 169 cm³/mol. The Bertz CT molecular complexity index is 2110. The van der Waals surface area contributed by atoms with Gasteiger partial charge in [0, 0.05) is 34.2 Å². The maximum absolute atomic E-state index is 8.19. The standard InChI is InChI=1S/C38H28N3/c1-26-20-21-31-32-22-23-33(39-2)36(29-16-12-15-28(25-29)27-13-6-4-7-14-27)38(32)41(30-17-8-5-9-18-30)37(31)35(26)34-19-10-11-24-40(34)3/h4-25H,1,3H3/q+1. The number of nitrogens with zero attached hydrogens (tertiary/aromatic N) is 3. The molecule has 5 aromatic carbocycles. The Hall–Kier alpha value is -5.46. The number of fused-ring (bicyclic) bond motifs is 3. The van der Waals surface area contributed by atoms with Crippen molar-refractivity contribution in [1.82, 2.24) is 4.57 Å². The number of hydrogen-bond acceptors (Lipinski definition) is 0. The summed E-state index contributed by atoms with van der Waals surface area (Å²) in [6.45, 7) is 10.4. The minimum Gasteiger partial charge on any atom is -0.309 e. The van der Waals surface area contributed by atoms with Crippen molar-refractivity contribution in [3.63, 3.8) is 0 Å². The van der Waals surface area contributed by atoms with Gasteiger partial charge in [-0.2, -0.15) is 0 Å². The molecule has 7 aromatic rings. The molecule has 0 fully saturated rings. The summed E-state index contributed by atoms with van der Waals surface area (Å²) in [5, 5.41) is 2.31. The van der Waals surface area contributed by atoms with Gasteiger partial charge in [-0.05, 0) is 53.4 Å². The molecule has 0 bridgehead atoms. The van der Waals surface area contributed by atoms with E-state index in [-0.39, 0.29) is 0 Å². The van der Waals surface area contributed by atoms with Crippen molar-refractivity contribution >= 4 is 27.5 Å². The minimum atomic E-state index is 0.645. The van der Waals surface area contributed by atoms with E-state index in [0.717, 1.165) is 50.1 Å². The Kier molecular flexibility index (Phi) is 5.95. The van der Waals surface area contributed by atoms with Crippen LogP contribution < -0.4 is 4.57 Å². The highest BCUT2D eigenvalue weighted by atomic mass is 15.0. The van der Waals surface area contributed by atoms with E-state index in [2.05, 4.69) is 149 Å². The number of aromatic nitrogens is 2. The zero-order chi connectivity index (χ0) is 27.9. The van der Waals surface area contributed by atoms with Crippen LogP contribution in [-0.4, -0.2) is 4.57 Å². The van der Waals surface area contributed by atoms with Crippen LogP contribution >= 0.6 is 0 Å². The Morgan fingerprint density at radius 3 is 1.98 bits per heavy atom. The smallest absolute Gasteiger partial charge is 0.214 e. The van der Waals surface area contributed by atoms with Gasteiger partial charge in [-0.15, -0.1) is 0 Å². The monoisotopic (exact) mass is 526 g/mol. The third-order valence-electron chi connectivity index (χ3n) is 7.98. The molecule has 41 heavy (non-hydrogen) atoms. The molecule has 194 valence electrons. The zero-order valence-electron chi connectivity index (χ0n) is 23.0. The van der Waals surface area contributed by atoms with Crippen molar-refractivity contribution in [2.24, 2.45) is 7.05 Å². The van der Waals surface area contributed by atoms with Crippen molar-refractivity contribution in [3.05, 3.63) is 151 Å². The van der Waals surface area contributed by atoms with Crippen molar-refractivity contribution in [3.8, 4) is 39.2 Å². The fourth-order valence-corrected chi connectivity index (χ4v) is 6.09. The van der Waals surface area contributed by atoms with Gasteiger partial charge in [0.1, 0.15) is 7.05 Å². The summed E-state index contributed by atoms with van der Waals surface area (Å²) in [5.74, 6) is 0. The summed E-state index contributed by atoms with van der Waals surface area (Å²) in [7, 11) is 2.10. The average molecular weight is 527 g/mol. The minimum absolute atomic E-state index is 0.645. The first kappa shape index (κ1) is 24.6. The van der Waals surface area contributed by atoms with E-state index < -0.39 is 0 Å². The summed E-state index contributed by atoms with van der Waals surface area (Å²) in [4.78, 5) is 4.05. The number of para-hydroxylation sites is 1. The number of aryl methyl sites for hydroxylation is 2. The van der Waals surface area contributed by atoms with Crippen LogP contribution in [0.25, 0.3) is 65.8 Å². The third-order valence-corrected chi connectivity index (χ3v) is 7.98. The highest BCUT2D eigenvalue weighted by Gasteiger charge is 2.25. The van der Waals surface area contributed by atoms with Crippen LogP contribution in [0.3, 0.4) is 0 Å². The molecule has 0 aliphatic carbocycles. The van der Waals surface area contributed by atoms with E-state index in [1.165, 1.54) is 16.5 Å². The second-order valence-corrected chi connectivity index (χ2v) is 10.4. The van der Waals surface area contributed by atoms with Gasteiger partial charge >= 0.3 is 0 Å². The molecule has 2 heterocycles. The van der Waals surface area contributed by atoms with E-state index in [1.807, 2.05) is 12.1 Å². The van der Waals surface area contributed by atoms with E-state index in [4.69, 9.17) is 6.57 Å². The van der Waals surface area contributed by atoms with Crippen LogP contribution in [0.2, 0.25) is 0 Å². The van der Waals surface area contributed by atoms with E-state index in [1.54, 1.807) is 0 Å². The molecule has 3 heteroatoms. The fraction of sp³-hybridized carbons (Fsp3) is 0.0526. The Morgan fingerprint density at radius 2 is 1.24 bits per heavy atom. The van der Waals surface area contributed by atoms with Crippen LogP contribution in [0.15, 0.2) is 134 Å². The van der Waals surface area contributed by atoms with Crippen LogP contribution in [0.5, 0.6) is 0 Å². The molecular formula is C38H28N3+. The van der Waals surface area contributed by atoms with Crippen LogP contribution in [-0.2, 0) is 7.05 Å². The lowest BCUT2D eigenvalue weighted by molar-refractivity contribution is -0.660. The van der Waals surface area contributed by atoms with Crippen molar-refractivity contribution < 1.29 is 4.57 Å². The molecule has 0 aliphatic heterocycles. The first-order valence-corrected chi connectivity index (χ1v) is 13.8. The van der Waals surface area contributed by atoms with Crippen LogP contribution in [0.1, 0.15) is 5.56 Å². The molecule has 0 saturated carbocycles. The third kappa shape index (κ3) is 4.01. The summed E-state index contributed by atoms with van der Waals surface area (Å²) in [6, 6.07) is 44.4. The second-order valence-electron chi connectivity index (χ2n) is 10.4. The SMILES string of the molecule is [C-]#[N+]c1ccc2c3ccc(C)c(-c4cccc[n+]4C)c3n(-c3ccccc3)c2c1-c1cccc(-c2ccccc2)c1. The molecule has 7 rings (SSSR count). The van der Waals surface area contributed by atoms with Crippen molar-refractivity contribution in [2.75, 3.05) is 0 Å². The summed E-state index contributed by atoms with van der Waals surface area (Å²) >= 11 is 0. The highest BCUT2D eigenvalue weighted by Crippen LogP contribution is 2.46. The Balaban J connectivity index is 1.67. The second kappa shape index (κ2) is 9.93. The van der Waals surface area contributed by atoms with E-state index in [0.29, 0.717) is 5.69 Å². The molecule has 0 N–H and O–H groups in total. The molecule has 2 aromatic heterocycles. The Labute approximate surface area is 240 Å². The van der Waals surface area contributed by atoms with Gasteiger partial charge in [-0.25, -0.2) is 9.41 Å². The molecule has 3 nitrogen and oxygen atoms in total. The molecule has 0 atom stereocenters. The van der Waals surface area contributed by atoms with Gasteiger partial charge in [0.25, 0.3) is 0 Å². The largest absolute Gasteiger partial charge is 0.309 e. The number of benzene rings is 5. The normalized spacial score (nSPS) is 11.1. The summed E-state index contributed by atoms with van der Waals surface area (Å²) in [6.07, 6.45) is 2.10. The van der Waals surface area contributed by atoms with Crippen LogP contribution in [0.4, 0.5) is 5.69 Å². The average Bonchev–Trinajstić information content (AvgIpc) is 3.36. The topological polar surface area (TPSA) is 13.2 Å². The summed E-state index contributed by atoms with van der Waals surface area (Å²) in [5.41, 5.74) is 11.7. The number of hydrogen-bond donors (Lipinski definition) is 0. The van der Waals surface area contributed by atoms with Crippen molar-refractivity contribution in [2.45, 2.75) is 6.92 Å². The maximum Gasteiger partial charge on any atom is 0.214 e. The molecule has 0 spiro atoms. The number of rotatable bonds is 4. The van der Waals surface area contributed by atoms with Crippen LogP contribution in [0, 0.1) is 13.5 Å². The molecule has 0 amide bonds. The quantitative estimate of drug-likeness (QED) is 0.160. The lowest BCUT2D eigenvalue weighted by Crippen LogP contribution is -2.30. The molecule has 0 unspecified atom stereocenters. The van der Waals surface area contributed by atoms with E-state index in [9.17, 15) is 0 Å². The first-order chi connectivity index (χ1) is 20.2. The van der Waals surface area contributed by atoms with Gasteiger partial charge in [0.2, 0.25) is 5.69 Å². The molecule has 0 radical (unpaired) electrons. The highest BCUT2D eigenvalue weighted by molar-refractivity contribution is 6.19. The zero-order valence-corrected chi connectivity index (χ0v) is 23.0. The predicted octanol–water partition coefficient (Wildman–Crippen LogP) is 9.47. The van der Waals surface area contributed by atoms with Gasteiger partial charge in [0.05, 0.1) is 23.2 Å².